The van der Waals surface area contributed by atoms with Crippen LogP contribution in [-0.2, 0) is 60.8 Å². The van der Waals surface area contributed by atoms with Gasteiger partial charge < -0.3 is 75.3 Å². The SMILES string of the molecule is NCCC[C@@H]1NC(=O)[C@H](C23CC4CC(CC(C4)C2)C3)NC(=O)[C@H](CCCN)NC(=O)[C@@H]2CCCN2C(=O)[C@@H](Cc2ccccc2)NC(=O)[C@H](CCCN)NC(=O)[C@H](C23CC4CC(CC(C4)C2)C3)NC(=O)[C@H](CCCN)NC(=O)[C@@H]2CCCN2C(=O)[C@@H](Cc2ccccc2)NC1=O. The highest BCUT2D eigenvalue weighted by molar-refractivity contribution is 6.00. The van der Waals surface area contributed by atoms with E-state index in [0.29, 0.717) is 113 Å². The highest BCUT2D eigenvalue weighted by atomic mass is 16.2. The van der Waals surface area contributed by atoms with Crippen LogP contribution in [0.5, 0.6) is 0 Å². The van der Waals surface area contributed by atoms with E-state index in [0.717, 1.165) is 49.7 Å². The summed E-state index contributed by atoms with van der Waals surface area (Å²) in [6.07, 6.45) is 13.3. The Kier molecular flexibility index (Phi) is 23.2. The van der Waals surface area contributed by atoms with Crippen LogP contribution >= 0.6 is 0 Å². The van der Waals surface area contributed by atoms with E-state index in [-0.39, 0.29) is 90.6 Å². The quantitative estimate of drug-likeness (QED) is 0.101. The van der Waals surface area contributed by atoms with E-state index in [1.807, 2.05) is 60.7 Å². The molecule has 8 aliphatic carbocycles. The average molecular weight is 1330 g/mol. The van der Waals surface area contributed by atoms with Gasteiger partial charge in [0.1, 0.15) is 60.4 Å². The minimum atomic E-state index is -1.23. The molecule has 10 amide bonds. The van der Waals surface area contributed by atoms with Gasteiger partial charge >= 0.3 is 0 Å². The topological polar surface area (TPSA) is 377 Å². The summed E-state index contributed by atoms with van der Waals surface area (Å²) in [5.74, 6) is -3.94. The zero-order valence-electron chi connectivity index (χ0n) is 55.9. The molecule has 2 aromatic rings. The molecule has 524 valence electrons. The molecule has 2 aromatic carbocycles. The van der Waals surface area contributed by atoms with Crippen LogP contribution in [0.2, 0.25) is 0 Å². The molecule has 11 fully saturated rings. The maximum atomic E-state index is 15.6. The molecule has 0 radical (unpaired) electrons. The van der Waals surface area contributed by atoms with Gasteiger partial charge in [-0.05, 0) is 227 Å². The van der Waals surface area contributed by atoms with Crippen LogP contribution in [0, 0.1) is 46.3 Å². The highest BCUT2D eigenvalue weighted by Crippen LogP contribution is 2.63. The molecular formula is C72H106N14O10. The first kappa shape index (κ1) is 70.3. The lowest BCUT2D eigenvalue weighted by Gasteiger charge is -2.59. The number of nitrogens with zero attached hydrogens (tertiary/aromatic N) is 2. The van der Waals surface area contributed by atoms with Gasteiger partial charge in [-0.1, -0.05) is 60.7 Å². The number of nitrogens with one attached hydrogen (secondary N) is 8. The number of carbonyl (C=O) groups excluding carboxylic acids is 10. The Bertz CT molecular complexity index is 2840. The Morgan fingerprint density at radius 1 is 0.344 bits per heavy atom. The minimum Gasteiger partial charge on any atom is -0.343 e. The Morgan fingerprint density at radius 3 is 0.906 bits per heavy atom. The Labute approximate surface area is 564 Å². The van der Waals surface area contributed by atoms with Gasteiger partial charge in [-0.3, -0.25) is 47.9 Å². The molecular weight excluding hydrogens is 1220 g/mol. The summed E-state index contributed by atoms with van der Waals surface area (Å²) in [6, 6.07) is 6.61. The number of hydrogen-bond donors (Lipinski definition) is 12. The summed E-state index contributed by atoms with van der Waals surface area (Å²) in [5.41, 5.74) is 24.6. The van der Waals surface area contributed by atoms with Gasteiger partial charge in [0.2, 0.25) is 59.1 Å². The summed E-state index contributed by atoms with van der Waals surface area (Å²) in [6.45, 7) is 1.05. The highest BCUT2D eigenvalue weighted by Gasteiger charge is 2.59. The predicted molar refractivity (Wildman–Crippen MR) is 360 cm³/mol. The van der Waals surface area contributed by atoms with Gasteiger partial charge in [0.15, 0.2) is 0 Å². The summed E-state index contributed by atoms with van der Waals surface area (Å²) in [5, 5.41) is 24.5. The van der Waals surface area contributed by atoms with E-state index < -0.39 is 130 Å². The minimum absolute atomic E-state index is 0.0285. The van der Waals surface area contributed by atoms with E-state index in [4.69, 9.17) is 22.9 Å². The standard InChI is InChI=1S/C72H106N14O10/c73-23-7-17-51-61(87)81-55(35-43-13-3-1-4-14-43)69(95)85-27-11-21-57(85)65(91)77-53(19-9-25-75)63(89)84-60(72-40-48-32-49(41-72)34-50(33-48)42-72)68(94)80-52(18-8-24-74)62(88)82-56(36-44-15-5-2-6-16-44)70(96)86-28-12-22-58(86)66(92)78-54(20-10-26-76)64(90)83-59(67(93)79-51)71-37-45-29-46(38-71)31-47(30-45)39-71/h1-6,13-16,45-60H,7-12,17-42,73-76H2,(H,77,91)(H,78,92)(H,79,93)(H,80,94)(H,81,87)(H,82,88)(H,83,90)(H,84,89)/t45?,46?,47?,48?,49?,50?,51-,52-,53-,54-,55+,56+,57-,58-,59+,60+,71?,72?/m0/s1. The zero-order valence-corrected chi connectivity index (χ0v) is 55.9. The lowest BCUT2D eigenvalue weighted by Crippen LogP contribution is -2.66. The van der Waals surface area contributed by atoms with Crippen LogP contribution in [0.1, 0.15) is 165 Å². The van der Waals surface area contributed by atoms with Gasteiger partial charge in [0, 0.05) is 36.8 Å². The lowest BCUT2D eigenvalue weighted by molar-refractivity contribution is -0.146. The van der Waals surface area contributed by atoms with Crippen molar-refractivity contribution < 1.29 is 47.9 Å². The van der Waals surface area contributed by atoms with Crippen molar-refractivity contribution in [2.75, 3.05) is 39.3 Å². The van der Waals surface area contributed by atoms with E-state index in [1.54, 1.807) is 0 Å². The molecule has 3 saturated heterocycles. The third-order valence-electron chi connectivity index (χ3n) is 23.3. The van der Waals surface area contributed by atoms with Crippen molar-refractivity contribution in [3.8, 4) is 0 Å². The first-order valence-corrected chi connectivity index (χ1v) is 36.3. The number of fused-ring (bicyclic) bond motifs is 2. The van der Waals surface area contributed by atoms with Gasteiger partial charge in [0.25, 0.3) is 0 Å². The smallest absolute Gasteiger partial charge is 0.246 e. The van der Waals surface area contributed by atoms with Crippen molar-refractivity contribution in [1.29, 1.82) is 0 Å². The Balaban J connectivity index is 0.963. The number of benzene rings is 2. The summed E-state index contributed by atoms with van der Waals surface area (Å²) in [4.78, 5) is 156. The molecule has 24 nitrogen and oxygen atoms in total. The zero-order chi connectivity index (χ0) is 67.7. The molecule has 0 unspecified atom stereocenters. The number of hydrogen-bond acceptors (Lipinski definition) is 14. The Morgan fingerprint density at radius 2 is 0.615 bits per heavy atom. The summed E-state index contributed by atoms with van der Waals surface area (Å²) < 4.78 is 0. The molecule has 0 spiro atoms. The van der Waals surface area contributed by atoms with Crippen LogP contribution in [0.15, 0.2) is 60.7 Å². The maximum Gasteiger partial charge on any atom is 0.246 e. The van der Waals surface area contributed by atoms with Crippen molar-refractivity contribution in [1.82, 2.24) is 52.3 Å². The Hall–Kier alpha value is -7.02. The van der Waals surface area contributed by atoms with Crippen molar-refractivity contribution in [2.45, 2.75) is 227 Å². The third kappa shape index (κ3) is 16.2. The fourth-order valence-corrected chi connectivity index (χ4v) is 19.6. The first-order valence-electron chi connectivity index (χ1n) is 36.3. The second kappa shape index (κ2) is 31.7. The molecule has 8 bridgehead atoms. The molecule has 3 heterocycles. The van der Waals surface area contributed by atoms with Crippen LogP contribution in [0.3, 0.4) is 0 Å². The maximum absolute atomic E-state index is 15.6. The fourth-order valence-electron chi connectivity index (χ4n) is 19.6. The summed E-state index contributed by atoms with van der Waals surface area (Å²) in [7, 11) is 0. The van der Waals surface area contributed by atoms with Crippen molar-refractivity contribution in [2.24, 2.45) is 69.3 Å². The van der Waals surface area contributed by atoms with E-state index in [2.05, 4.69) is 42.5 Å². The number of nitrogens with two attached hydrogens (primary N) is 4. The van der Waals surface area contributed by atoms with Gasteiger partial charge in [-0.2, -0.15) is 0 Å². The molecule has 16 N–H and O–H groups in total. The number of amides is 10. The molecule has 11 aliphatic rings. The van der Waals surface area contributed by atoms with Crippen LogP contribution in [0.25, 0.3) is 0 Å². The van der Waals surface area contributed by atoms with E-state index >= 15 is 47.9 Å². The fraction of sp³-hybridized carbons (Fsp3) is 0.694. The lowest BCUT2D eigenvalue weighted by atomic mass is 9.47. The molecule has 3 aliphatic heterocycles. The van der Waals surface area contributed by atoms with Crippen molar-refractivity contribution >= 4 is 59.1 Å². The van der Waals surface area contributed by atoms with Crippen molar-refractivity contribution in [3.63, 3.8) is 0 Å². The van der Waals surface area contributed by atoms with Gasteiger partial charge in [-0.15, -0.1) is 0 Å². The van der Waals surface area contributed by atoms with Crippen LogP contribution < -0.4 is 65.5 Å². The van der Waals surface area contributed by atoms with Gasteiger partial charge in [-0.25, -0.2) is 0 Å². The van der Waals surface area contributed by atoms with E-state index in [9.17, 15) is 0 Å². The number of rotatable bonds is 18. The molecule has 13 rings (SSSR count). The molecule has 96 heavy (non-hydrogen) atoms. The second-order valence-electron chi connectivity index (χ2n) is 30.3. The second-order valence-corrected chi connectivity index (χ2v) is 30.3. The predicted octanol–water partition coefficient (Wildman–Crippen LogP) is 1.73. The van der Waals surface area contributed by atoms with Crippen LogP contribution in [-0.4, -0.2) is 169 Å². The third-order valence-corrected chi connectivity index (χ3v) is 23.3. The average Bonchev–Trinajstić information content (AvgIpc) is 0.806. The van der Waals surface area contributed by atoms with Crippen molar-refractivity contribution in [3.05, 3.63) is 71.8 Å². The summed E-state index contributed by atoms with van der Waals surface area (Å²) >= 11 is 0. The molecule has 0 aromatic heterocycles. The van der Waals surface area contributed by atoms with Gasteiger partial charge in [0.05, 0.1) is 0 Å². The van der Waals surface area contributed by atoms with Crippen LogP contribution in [0.4, 0.5) is 0 Å². The first-order chi connectivity index (χ1) is 46.4. The van der Waals surface area contributed by atoms with E-state index in [1.165, 1.54) is 9.80 Å². The molecule has 10 atom stereocenters. The monoisotopic (exact) mass is 1330 g/mol. The largest absolute Gasteiger partial charge is 0.343 e. The molecule has 8 saturated carbocycles. The normalized spacial score (nSPS) is 35.6. The number of carbonyl (C=O) groups is 10. The molecule has 24 heteroatoms.